The summed E-state index contributed by atoms with van der Waals surface area (Å²) in [5.74, 6) is 0.668. The summed E-state index contributed by atoms with van der Waals surface area (Å²) in [7, 11) is 2.09. The third-order valence-electron chi connectivity index (χ3n) is 3.58. The van der Waals surface area contributed by atoms with E-state index in [-0.39, 0.29) is 0 Å². The Hall–Kier alpha value is -0.830. The Kier molecular flexibility index (Phi) is 3.64. The van der Waals surface area contributed by atoms with Crippen LogP contribution in [0.5, 0.6) is 0 Å². The highest BCUT2D eigenvalue weighted by Gasteiger charge is 2.23. The third-order valence-corrected chi connectivity index (χ3v) is 3.58. The number of hydrogen-bond donors (Lipinski definition) is 1. The Morgan fingerprint density at radius 3 is 2.94 bits per heavy atom. The Balaban J connectivity index is 2.29. The van der Waals surface area contributed by atoms with Crippen molar-refractivity contribution in [1.82, 2.24) is 15.1 Å². The monoisotopic (exact) mass is 221 g/mol. The van der Waals surface area contributed by atoms with Crippen molar-refractivity contribution < 1.29 is 0 Å². The van der Waals surface area contributed by atoms with E-state index in [1.165, 1.54) is 49.2 Å². The van der Waals surface area contributed by atoms with E-state index < -0.39 is 0 Å². The van der Waals surface area contributed by atoms with Gasteiger partial charge in [-0.2, -0.15) is 5.10 Å². The maximum atomic E-state index is 4.59. The molecular weight excluding hydrogens is 198 g/mol. The highest BCUT2D eigenvalue weighted by molar-refractivity contribution is 5.29. The average Bonchev–Trinajstić information content (AvgIpc) is 2.56. The fourth-order valence-corrected chi connectivity index (χ4v) is 2.87. The summed E-state index contributed by atoms with van der Waals surface area (Å²) < 4.78 is 2.11. The van der Waals surface area contributed by atoms with Gasteiger partial charge in [0.15, 0.2) is 0 Å². The van der Waals surface area contributed by atoms with Gasteiger partial charge in [0.2, 0.25) is 0 Å². The molecular formula is C13H23N3. The molecule has 2 heterocycles. The van der Waals surface area contributed by atoms with Crippen molar-refractivity contribution in [2.75, 3.05) is 13.1 Å². The molecule has 1 atom stereocenters. The molecule has 90 valence electrons. The van der Waals surface area contributed by atoms with Crippen LogP contribution in [-0.4, -0.2) is 22.9 Å². The molecule has 3 nitrogen and oxygen atoms in total. The first-order chi connectivity index (χ1) is 7.74. The molecule has 0 radical (unpaired) electrons. The number of hydrogen-bond acceptors (Lipinski definition) is 2. The lowest BCUT2D eigenvalue weighted by atomic mass is 9.91. The van der Waals surface area contributed by atoms with Crippen molar-refractivity contribution in [1.29, 1.82) is 0 Å². The number of aryl methyl sites for hydroxylation is 2. The van der Waals surface area contributed by atoms with E-state index in [0.717, 1.165) is 6.54 Å². The Bertz CT molecular complexity index is 348. The standard InChI is InChI=1S/C13H23N3/c1-4-6-12-10(2)15-16(3)13(12)11-7-5-8-14-9-11/h11,14H,4-9H2,1-3H3. The second kappa shape index (κ2) is 5.00. The molecule has 16 heavy (non-hydrogen) atoms. The SMILES string of the molecule is CCCc1c(C)nn(C)c1C1CCCNC1. The predicted octanol–water partition coefficient (Wildman–Crippen LogP) is 2.15. The van der Waals surface area contributed by atoms with Gasteiger partial charge in [0.25, 0.3) is 0 Å². The van der Waals surface area contributed by atoms with E-state index in [1.807, 2.05) is 0 Å². The molecule has 0 spiro atoms. The van der Waals surface area contributed by atoms with E-state index in [0.29, 0.717) is 5.92 Å². The van der Waals surface area contributed by atoms with Crippen LogP contribution < -0.4 is 5.32 Å². The first-order valence-corrected chi connectivity index (χ1v) is 6.47. The van der Waals surface area contributed by atoms with Crippen molar-refractivity contribution in [2.24, 2.45) is 7.05 Å². The van der Waals surface area contributed by atoms with E-state index in [4.69, 9.17) is 0 Å². The van der Waals surface area contributed by atoms with Crippen LogP contribution in [0.3, 0.4) is 0 Å². The summed E-state index contributed by atoms with van der Waals surface area (Å²) in [5.41, 5.74) is 4.20. The molecule has 0 aliphatic carbocycles. The van der Waals surface area contributed by atoms with E-state index in [2.05, 4.69) is 36.0 Å². The summed E-state index contributed by atoms with van der Waals surface area (Å²) in [6.45, 7) is 6.69. The summed E-state index contributed by atoms with van der Waals surface area (Å²) in [5, 5.41) is 8.09. The maximum absolute atomic E-state index is 4.59. The second-order valence-corrected chi connectivity index (χ2v) is 4.87. The smallest absolute Gasteiger partial charge is 0.0628 e. The fourth-order valence-electron chi connectivity index (χ4n) is 2.87. The minimum absolute atomic E-state index is 0.668. The molecule has 2 rings (SSSR count). The molecule has 0 saturated carbocycles. The van der Waals surface area contributed by atoms with Crippen molar-refractivity contribution in [2.45, 2.75) is 45.4 Å². The minimum atomic E-state index is 0.668. The van der Waals surface area contributed by atoms with Gasteiger partial charge in [-0.05, 0) is 38.3 Å². The number of nitrogens with zero attached hydrogens (tertiary/aromatic N) is 2. The zero-order valence-electron chi connectivity index (χ0n) is 10.7. The van der Waals surface area contributed by atoms with Gasteiger partial charge in [-0.15, -0.1) is 0 Å². The lowest BCUT2D eigenvalue weighted by Crippen LogP contribution is -2.30. The van der Waals surface area contributed by atoms with Crippen molar-refractivity contribution in [3.63, 3.8) is 0 Å². The highest BCUT2D eigenvalue weighted by atomic mass is 15.3. The molecule has 1 saturated heterocycles. The fraction of sp³-hybridized carbons (Fsp3) is 0.769. The zero-order chi connectivity index (χ0) is 11.5. The van der Waals surface area contributed by atoms with Gasteiger partial charge in [0.05, 0.1) is 5.69 Å². The Morgan fingerprint density at radius 2 is 2.31 bits per heavy atom. The molecule has 0 bridgehead atoms. The van der Waals surface area contributed by atoms with Gasteiger partial charge >= 0.3 is 0 Å². The molecule has 3 heteroatoms. The van der Waals surface area contributed by atoms with Crippen LogP contribution in [-0.2, 0) is 13.5 Å². The van der Waals surface area contributed by atoms with E-state index in [1.54, 1.807) is 0 Å². The molecule has 1 N–H and O–H groups in total. The first kappa shape index (κ1) is 11.6. The number of rotatable bonds is 3. The van der Waals surface area contributed by atoms with Gasteiger partial charge in [-0.25, -0.2) is 0 Å². The van der Waals surface area contributed by atoms with Gasteiger partial charge in [0, 0.05) is 25.2 Å². The van der Waals surface area contributed by atoms with Gasteiger partial charge in [-0.3, -0.25) is 4.68 Å². The highest BCUT2D eigenvalue weighted by Crippen LogP contribution is 2.28. The van der Waals surface area contributed by atoms with Crippen molar-refractivity contribution >= 4 is 0 Å². The van der Waals surface area contributed by atoms with Crippen LogP contribution in [0, 0.1) is 6.92 Å². The molecule has 1 fully saturated rings. The van der Waals surface area contributed by atoms with E-state index in [9.17, 15) is 0 Å². The van der Waals surface area contributed by atoms with E-state index >= 15 is 0 Å². The number of piperidine rings is 1. The van der Waals surface area contributed by atoms with Crippen molar-refractivity contribution in [3.05, 3.63) is 17.0 Å². The minimum Gasteiger partial charge on any atom is -0.316 e. The van der Waals surface area contributed by atoms with Crippen LogP contribution in [0.2, 0.25) is 0 Å². The van der Waals surface area contributed by atoms with Crippen LogP contribution >= 0.6 is 0 Å². The van der Waals surface area contributed by atoms with Gasteiger partial charge in [0.1, 0.15) is 0 Å². The molecule has 0 aromatic carbocycles. The predicted molar refractivity (Wildman–Crippen MR) is 66.8 cm³/mol. The quantitative estimate of drug-likeness (QED) is 0.847. The lowest BCUT2D eigenvalue weighted by Gasteiger charge is -2.24. The maximum Gasteiger partial charge on any atom is 0.0628 e. The summed E-state index contributed by atoms with van der Waals surface area (Å²) in [4.78, 5) is 0. The number of aromatic nitrogens is 2. The average molecular weight is 221 g/mol. The van der Waals surface area contributed by atoms with Gasteiger partial charge in [-0.1, -0.05) is 13.3 Å². The lowest BCUT2D eigenvalue weighted by molar-refractivity contribution is 0.439. The molecule has 1 unspecified atom stereocenters. The molecule has 1 aromatic heterocycles. The summed E-state index contributed by atoms with van der Waals surface area (Å²) >= 11 is 0. The molecule has 0 amide bonds. The Morgan fingerprint density at radius 1 is 1.50 bits per heavy atom. The van der Waals surface area contributed by atoms with Crippen LogP contribution in [0.25, 0.3) is 0 Å². The Labute approximate surface area is 98.2 Å². The molecule has 1 aliphatic rings. The second-order valence-electron chi connectivity index (χ2n) is 4.87. The number of nitrogens with one attached hydrogen (secondary N) is 1. The van der Waals surface area contributed by atoms with Crippen molar-refractivity contribution in [3.8, 4) is 0 Å². The van der Waals surface area contributed by atoms with Crippen LogP contribution in [0.4, 0.5) is 0 Å². The normalized spacial score (nSPS) is 21.3. The van der Waals surface area contributed by atoms with Crippen LogP contribution in [0.1, 0.15) is 49.1 Å². The summed E-state index contributed by atoms with van der Waals surface area (Å²) in [6.07, 6.45) is 4.98. The first-order valence-electron chi connectivity index (χ1n) is 6.47. The summed E-state index contributed by atoms with van der Waals surface area (Å²) in [6, 6.07) is 0. The third kappa shape index (κ3) is 2.14. The largest absolute Gasteiger partial charge is 0.316 e. The van der Waals surface area contributed by atoms with Gasteiger partial charge < -0.3 is 5.32 Å². The molecule has 1 aliphatic heterocycles. The van der Waals surface area contributed by atoms with Crippen LogP contribution in [0.15, 0.2) is 0 Å². The molecule has 1 aromatic rings. The zero-order valence-corrected chi connectivity index (χ0v) is 10.7. The topological polar surface area (TPSA) is 29.9 Å².